The van der Waals surface area contributed by atoms with E-state index in [-0.39, 0.29) is 5.69 Å². The number of anilines is 1. The summed E-state index contributed by atoms with van der Waals surface area (Å²) in [6.07, 6.45) is 3.17. The quantitative estimate of drug-likeness (QED) is 0.488. The first-order valence-corrected chi connectivity index (χ1v) is 7.27. The van der Waals surface area contributed by atoms with Gasteiger partial charge >= 0.3 is 11.8 Å². The highest BCUT2D eigenvalue weighted by Gasteiger charge is 2.15. The van der Waals surface area contributed by atoms with Crippen LogP contribution in [0.1, 0.15) is 12.5 Å². The van der Waals surface area contributed by atoms with Crippen molar-refractivity contribution in [2.45, 2.75) is 6.92 Å². The summed E-state index contributed by atoms with van der Waals surface area (Å²) in [7, 11) is 0. The molecule has 0 saturated carbocycles. The second kappa shape index (κ2) is 7.59. The van der Waals surface area contributed by atoms with Crippen molar-refractivity contribution in [1.29, 1.82) is 0 Å². The number of carbonyl (C=O) groups is 2. The lowest BCUT2D eigenvalue weighted by Crippen LogP contribution is -2.33. The Morgan fingerprint density at radius 3 is 2.52 bits per heavy atom. The van der Waals surface area contributed by atoms with Crippen LogP contribution in [-0.4, -0.2) is 22.5 Å². The highest BCUT2D eigenvalue weighted by Crippen LogP contribution is 2.19. The van der Waals surface area contributed by atoms with Gasteiger partial charge < -0.3 is 5.32 Å². The minimum atomic E-state index is -1.02. The molecule has 8 heteroatoms. The zero-order chi connectivity index (χ0) is 16.8. The summed E-state index contributed by atoms with van der Waals surface area (Å²) < 4.78 is 14.1. The van der Waals surface area contributed by atoms with Gasteiger partial charge in [-0.25, -0.2) is 9.82 Å². The van der Waals surface area contributed by atoms with Gasteiger partial charge in [-0.3, -0.25) is 14.6 Å². The van der Waals surface area contributed by atoms with E-state index in [1.54, 1.807) is 37.5 Å². The maximum absolute atomic E-state index is 13.6. The Hall–Kier alpha value is -2.61. The molecule has 1 aromatic heterocycles. The van der Waals surface area contributed by atoms with Crippen molar-refractivity contribution in [3.63, 3.8) is 0 Å². The van der Waals surface area contributed by atoms with Gasteiger partial charge in [0, 0.05) is 22.4 Å². The monoisotopic (exact) mass is 378 g/mol. The number of halogens is 2. The molecule has 1 aromatic carbocycles. The lowest BCUT2D eigenvalue weighted by atomic mass is 10.2. The number of aromatic nitrogens is 1. The zero-order valence-electron chi connectivity index (χ0n) is 12.0. The summed E-state index contributed by atoms with van der Waals surface area (Å²) in [6, 6.07) is 7.49. The first-order valence-electron chi connectivity index (χ1n) is 6.48. The molecule has 0 aliphatic carbocycles. The molecule has 0 fully saturated rings. The van der Waals surface area contributed by atoms with Crippen molar-refractivity contribution >= 4 is 39.1 Å². The number of amides is 2. The molecule has 2 amide bonds. The molecule has 118 valence electrons. The standard InChI is InChI=1S/C15H12BrFN4O2/c1-9(10-4-6-18-7-5-10)20-21-15(23)14(22)19-13-3-2-11(16)8-12(13)17/h2-8H,1H3,(H,19,22)(H,21,23)/b20-9-. The summed E-state index contributed by atoms with van der Waals surface area (Å²) in [5.74, 6) is -2.67. The fourth-order valence-corrected chi connectivity index (χ4v) is 1.95. The van der Waals surface area contributed by atoms with Crippen LogP contribution in [0.4, 0.5) is 10.1 Å². The molecule has 0 aliphatic heterocycles. The molecule has 23 heavy (non-hydrogen) atoms. The number of carbonyl (C=O) groups excluding carboxylic acids is 2. The predicted molar refractivity (Wildman–Crippen MR) is 87.3 cm³/mol. The Bertz CT molecular complexity index is 765. The van der Waals surface area contributed by atoms with Crippen LogP contribution in [0, 0.1) is 5.82 Å². The molecule has 0 saturated heterocycles. The topological polar surface area (TPSA) is 83.5 Å². The minimum Gasteiger partial charge on any atom is -0.315 e. The van der Waals surface area contributed by atoms with Gasteiger partial charge in [0.25, 0.3) is 0 Å². The summed E-state index contributed by atoms with van der Waals surface area (Å²) in [5.41, 5.74) is 3.28. The maximum atomic E-state index is 13.6. The SMILES string of the molecule is C/C(=N/NC(=O)C(=O)Nc1ccc(Br)cc1F)c1ccncc1. The van der Waals surface area contributed by atoms with Crippen LogP contribution >= 0.6 is 15.9 Å². The normalized spacial score (nSPS) is 11.0. The Labute approximate surface area is 139 Å². The van der Waals surface area contributed by atoms with E-state index in [9.17, 15) is 14.0 Å². The van der Waals surface area contributed by atoms with Gasteiger partial charge in [-0.15, -0.1) is 0 Å². The molecule has 0 unspecified atom stereocenters. The number of hydrogen-bond acceptors (Lipinski definition) is 4. The highest BCUT2D eigenvalue weighted by atomic mass is 79.9. The molecular formula is C15H12BrFN4O2. The average molecular weight is 379 g/mol. The average Bonchev–Trinajstić information content (AvgIpc) is 2.55. The van der Waals surface area contributed by atoms with Crippen LogP contribution in [0.3, 0.4) is 0 Å². The number of nitrogens with zero attached hydrogens (tertiary/aromatic N) is 2. The van der Waals surface area contributed by atoms with E-state index in [2.05, 4.69) is 36.8 Å². The lowest BCUT2D eigenvalue weighted by Gasteiger charge is -2.06. The van der Waals surface area contributed by atoms with E-state index in [1.807, 2.05) is 0 Å². The number of benzene rings is 1. The smallest absolute Gasteiger partial charge is 0.315 e. The first kappa shape index (κ1) is 16.8. The van der Waals surface area contributed by atoms with Gasteiger partial charge in [-0.05, 0) is 37.3 Å². The van der Waals surface area contributed by atoms with Crippen LogP contribution in [0.2, 0.25) is 0 Å². The summed E-state index contributed by atoms with van der Waals surface area (Å²) in [6.45, 7) is 1.67. The fraction of sp³-hybridized carbons (Fsp3) is 0.0667. The second-order valence-corrected chi connectivity index (χ2v) is 5.37. The van der Waals surface area contributed by atoms with Gasteiger partial charge in [-0.1, -0.05) is 15.9 Å². The van der Waals surface area contributed by atoms with Crippen molar-refractivity contribution < 1.29 is 14.0 Å². The maximum Gasteiger partial charge on any atom is 0.329 e. The van der Waals surface area contributed by atoms with Crippen molar-refractivity contribution in [3.05, 3.63) is 58.6 Å². The number of pyridine rings is 1. The van der Waals surface area contributed by atoms with Crippen LogP contribution in [0.5, 0.6) is 0 Å². The van der Waals surface area contributed by atoms with Gasteiger partial charge in [0.05, 0.1) is 11.4 Å². The Morgan fingerprint density at radius 1 is 1.17 bits per heavy atom. The van der Waals surface area contributed by atoms with Gasteiger partial charge in [0.15, 0.2) is 0 Å². The van der Waals surface area contributed by atoms with Crippen molar-refractivity contribution in [2.24, 2.45) is 5.10 Å². The third-order valence-electron chi connectivity index (χ3n) is 2.81. The van der Waals surface area contributed by atoms with E-state index in [0.717, 1.165) is 5.56 Å². The number of hydrogen-bond donors (Lipinski definition) is 2. The molecule has 0 radical (unpaired) electrons. The molecule has 0 atom stereocenters. The summed E-state index contributed by atoms with van der Waals surface area (Å²) in [5, 5.41) is 6.00. The second-order valence-electron chi connectivity index (χ2n) is 4.45. The van der Waals surface area contributed by atoms with Crippen molar-refractivity contribution in [1.82, 2.24) is 10.4 Å². The third-order valence-corrected chi connectivity index (χ3v) is 3.30. The van der Waals surface area contributed by atoms with E-state index in [4.69, 9.17) is 0 Å². The molecule has 2 aromatic rings. The Kier molecular flexibility index (Phi) is 5.53. The van der Waals surface area contributed by atoms with Crippen LogP contribution in [-0.2, 0) is 9.59 Å². The largest absolute Gasteiger partial charge is 0.329 e. The zero-order valence-corrected chi connectivity index (χ0v) is 13.6. The molecular weight excluding hydrogens is 367 g/mol. The van der Waals surface area contributed by atoms with E-state index < -0.39 is 17.6 Å². The van der Waals surface area contributed by atoms with Crippen LogP contribution in [0.15, 0.2) is 52.3 Å². The molecule has 0 aliphatic rings. The predicted octanol–water partition coefficient (Wildman–Crippen LogP) is 2.46. The lowest BCUT2D eigenvalue weighted by molar-refractivity contribution is -0.136. The molecule has 2 N–H and O–H groups in total. The van der Waals surface area contributed by atoms with Gasteiger partial charge in [0.1, 0.15) is 5.82 Å². The summed E-state index contributed by atoms with van der Waals surface area (Å²) >= 11 is 3.10. The fourth-order valence-electron chi connectivity index (χ4n) is 1.61. The van der Waals surface area contributed by atoms with Gasteiger partial charge in [0.2, 0.25) is 0 Å². The first-order chi connectivity index (χ1) is 11.0. The highest BCUT2D eigenvalue weighted by molar-refractivity contribution is 9.10. The third kappa shape index (κ3) is 4.68. The Morgan fingerprint density at radius 2 is 1.87 bits per heavy atom. The summed E-state index contributed by atoms with van der Waals surface area (Å²) in [4.78, 5) is 27.3. The molecule has 0 spiro atoms. The van der Waals surface area contributed by atoms with Crippen molar-refractivity contribution in [2.75, 3.05) is 5.32 Å². The Balaban J connectivity index is 1.99. The van der Waals surface area contributed by atoms with Crippen LogP contribution in [0.25, 0.3) is 0 Å². The molecule has 6 nitrogen and oxygen atoms in total. The minimum absolute atomic E-state index is 0.0943. The van der Waals surface area contributed by atoms with Gasteiger partial charge in [-0.2, -0.15) is 5.10 Å². The molecule has 0 bridgehead atoms. The number of rotatable bonds is 3. The van der Waals surface area contributed by atoms with Crippen molar-refractivity contribution in [3.8, 4) is 0 Å². The molecule has 1 heterocycles. The van der Waals surface area contributed by atoms with E-state index in [0.29, 0.717) is 10.2 Å². The van der Waals surface area contributed by atoms with E-state index >= 15 is 0 Å². The number of hydrazone groups is 1. The molecule has 2 rings (SSSR count). The van der Waals surface area contributed by atoms with E-state index in [1.165, 1.54) is 12.1 Å². The van der Waals surface area contributed by atoms with Crippen LogP contribution < -0.4 is 10.7 Å². The number of nitrogens with one attached hydrogen (secondary N) is 2.